The van der Waals surface area contributed by atoms with E-state index in [-0.39, 0.29) is 5.56 Å². The molecule has 0 spiro atoms. The number of rotatable bonds is 2. The van der Waals surface area contributed by atoms with Gasteiger partial charge in [0.25, 0.3) is 5.56 Å². The van der Waals surface area contributed by atoms with Gasteiger partial charge in [0.2, 0.25) is 0 Å². The Kier molecular flexibility index (Phi) is 2.80. The van der Waals surface area contributed by atoms with Gasteiger partial charge in [0.15, 0.2) is 0 Å². The van der Waals surface area contributed by atoms with E-state index in [1.54, 1.807) is 4.68 Å². The van der Waals surface area contributed by atoms with Gasteiger partial charge < -0.3 is 0 Å². The van der Waals surface area contributed by atoms with Crippen molar-refractivity contribution in [2.45, 2.75) is 6.92 Å². The van der Waals surface area contributed by atoms with E-state index in [1.165, 1.54) is 0 Å². The summed E-state index contributed by atoms with van der Waals surface area (Å²) in [6.07, 6.45) is 0. The Balaban J connectivity index is 2.20. The lowest BCUT2D eigenvalue weighted by atomic mass is 10.1. The van der Waals surface area contributed by atoms with Gasteiger partial charge in [0, 0.05) is 5.69 Å². The van der Waals surface area contributed by atoms with Crippen LogP contribution in [0.3, 0.4) is 0 Å². The van der Waals surface area contributed by atoms with Crippen LogP contribution in [0.5, 0.6) is 0 Å². The van der Waals surface area contributed by atoms with Gasteiger partial charge in [-0.15, -0.1) is 0 Å². The topological polar surface area (TPSA) is 37.8 Å². The second kappa shape index (κ2) is 4.61. The Bertz CT molecular complexity index is 739. The van der Waals surface area contributed by atoms with Crippen molar-refractivity contribution in [3.05, 3.63) is 76.7 Å². The third-order valence-electron chi connectivity index (χ3n) is 3.15. The molecular weight excluding hydrogens is 236 g/mol. The van der Waals surface area contributed by atoms with Crippen molar-refractivity contribution in [1.29, 1.82) is 0 Å². The van der Waals surface area contributed by atoms with E-state index < -0.39 is 0 Å². The van der Waals surface area contributed by atoms with Crippen LogP contribution in [0.25, 0.3) is 16.8 Å². The van der Waals surface area contributed by atoms with Gasteiger partial charge in [-0.2, -0.15) is 0 Å². The fourth-order valence-corrected chi connectivity index (χ4v) is 2.25. The molecule has 3 nitrogen and oxygen atoms in total. The summed E-state index contributed by atoms with van der Waals surface area (Å²) >= 11 is 0. The van der Waals surface area contributed by atoms with Gasteiger partial charge >= 0.3 is 0 Å². The Labute approximate surface area is 111 Å². The van der Waals surface area contributed by atoms with E-state index in [0.717, 1.165) is 22.5 Å². The molecule has 3 rings (SSSR count). The number of aromatic amines is 1. The number of aryl methyl sites for hydroxylation is 1. The largest absolute Gasteiger partial charge is 0.295 e. The molecule has 0 radical (unpaired) electrons. The number of para-hydroxylation sites is 1. The van der Waals surface area contributed by atoms with Crippen LogP contribution in [-0.2, 0) is 0 Å². The van der Waals surface area contributed by atoms with Crippen LogP contribution in [0.1, 0.15) is 5.69 Å². The quantitative estimate of drug-likeness (QED) is 0.745. The van der Waals surface area contributed by atoms with E-state index in [2.05, 4.69) is 5.10 Å². The number of hydrogen-bond donors (Lipinski definition) is 1. The van der Waals surface area contributed by atoms with E-state index in [1.807, 2.05) is 67.6 Å². The summed E-state index contributed by atoms with van der Waals surface area (Å²) in [7, 11) is 0. The van der Waals surface area contributed by atoms with Crippen molar-refractivity contribution in [3.8, 4) is 16.8 Å². The second-order valence-corrected chi connectivity index (χ2v) is 4.45. The molecule has 0 aliphatic carbocycles. The summed E-state index contributed by atoms with van der Waals surface area (Å²) < 4.78 is 1.58. The Morgan fingerprint density at radius 1 is 0.895 bits per heavy atom. The number of H-pyrrole nitrogens is 1. The smallest absolute Gasteiger partial charge is 0.279 e. The first kappa shape index (κ1) is 11.5. The van der Waals surface area contributed by atoms with Crippen molar-refractivity contribution < 1.29 is 0 Å². The molecule has 0 aliphatic heterocycles. The number of nitrogens with zero attached hydrogens (tertiary/aromatic N) is 1. The molecule has 19 heavy (non-hydrogen) atoms. The molecule has 3 heteroatoms. The normalized spacial score (nSPS) is 10.6. The van der Waals surface area contributed by atoms with Crippen molar-refractivity contribution in [2.75, 3.05) is 0 Å². The minimum Gasteiger partial charge on any atom is -0.295 e. The number of nitrogens with one attached hydrogen (secondary N) is 1. The maximum absolute atomic E-state index is 12.5. The minimum atomic E-state index is -0.0186. The summed E-state index contributed by atoms with van der Waals surface area (Å²) in [6, 6.07) is 19.3. The monoisotopic (exact) mass is 250 g/mol. The van der Waals surface area contributed by atoms with Crippen LogP contribution in [-0.4, -0.2) is 9.78 Å². The molecule has 0 fully saturated rings. The first-order chi connectivity index (χ1) is 9.27. The van der Waals surface area contributed by atoms with E-state index in [0.29, 0.717) is 0 Å². The predicted octanol–water partition coefficient (Wildman–Crippen LogP) is 3.14. The van der Waals surface area contributed by atoms with E-state index >= 15 is 0 Å². The van der Waals surface area contributed by atoms with Gasteiger partial charge in [0.05, 0.1) is 11.3 Å². The van der Waals surface area contributed by atoms with Crippen molar-refractivity contribution in [1.82, 2.24) is 9.78 Å². The van der Waals surface area contributed by atoms with Crippen LogP contribution >= 0.6 is 0 Å². The van der Waals surface area contributed by atoms with Gasteiger partial charge in [-0.3, -0.25) is 9.89 Å². The number of aromatic nitrogens is 2. The molecule has 0 bridgehead atoms. The maximum Gasteiger partial charge on any atom is 0.279 e. The van der Waals surface area contributed by atoms with Crippen molar-refractivity contribution in [2.24, 2.45) is 0 Å². The molecule has 1 N–H and O–H groups in total. The highest BCUT2D eigenvalue weighted by Gasteiger charge is 2.13. The zero-order valence-corrected chi connectivity index (χ0v) is 10.6. The number of benzene rings is 2. The highest BCUT2D eigenvalue weighted by molar-refractivity contribution is 5.65. The molecule has 1 heterocycles. The Hall–Kier alpha value is -2.55. The first-order valence-electron chi connectivity index (χ1n) is 6.20. The molecule has 0 amide bonds. The molecule has 0 unspecified atom stereocenters. The first-order valence-corrected chi connectivity index (χ1v) is 6.20. The zero-order chi connectivity index (χ0) is 13.2. The molecule has 94 valence electrons. The predicted molar refractivity (Wildman–Crippen MR) is 76.6 cm³/mol. The lowest BCUT2D eigenvalue weighted by molar-refractivity contribution is 0.835. The summed E-state index contributed by atoms with van der Waals surface area (Å²) in [5, 5.41) is 3.13. The third-order valence-corrected chi connectivity index (χ3v) is 3.15. The standard InChI is InChI=1S/C16H14N2O/c1-12-15(13-8-4-2-5-9-13)16(19)18(17-12)14-10-6-3-7-11-14/h2-11,17H,1H3. The Morgan fingerprint density at radius 3 is 2.11 bits per heavy atom. The van der Waals surface area contributed by atoms with Crippen LogP contribution in [0, 0.1) is 6.92 Å². The third kappa shape index (κ3) is 1.99. The average Bonchev–Trinajstić information content (AvgIpc) is 2.76. The molecule has 0 saturated carbocycles. The maximum atomic E-state index is 12.5. The van der Waals surface area contributed by atoms with Crippen LogP contribution in [0.2, 0.25) is 0 Å². The molecule has 0 atom stereocenters. The lowest BCUT2D eigenvalue weighted by Crippen LogP contribution is -2.15. The molecule has 1 aromatic heterocycles. The van der Waals surface area contributed by atoms with E-state index in [4.69, 9.17) is 0 Å². The average molecular weight is 250 g/mol. The molecule has 2 aromatic carbocycles. The van der Waals surface area contributed by atoms with Gasteiger partial charge in [0.1, 0.15) is 0 Å². The summed E-state index contributed by atoms with van der Waals surface area (Å²) in [6.45, 7) is 1.92. The molecule has 0 aliphatic rings. The van der Waals surface area contributed by atoms with Crippen LogP contribution < -0.4 is 5.56 Å². The number of hydrogen-bond acceptors (Lipinski definition) is 1. The second-order valence-electron chi connectivity index (χ2n) is 4.45. The fraction of sp³-hybridized carbons (Fsp3) is 0.0625. The highest BCUT2D eigenvalue weighted by atomic mass is 16.1. The Morgan fingerprint density at radius 2 is 1.47 bits per heavy atom. The van der Waals surface area contributed by atoms with E-state index in [9.17, 15) is 4.79 Å². The van der Waals surface area contributed by atoms with Gasteiger partial charge in [-0.1, -0.05) is 48.5 Å². The van der Waals surface area contributed by atoms with Crippen molar-refractivity contribution in [3.63, 3.8) is 0 Å². The van der Waals surface area contributed by atoms with Gasteiger partial charge in [-0.25, -0.2) is 4.68 Å². The molecular formula is C16H14N2O. The van der Waals surface area contributed by atoms with Crippen LogP contribution in [0.15, 0.2) is 65.5 Å². The minimum absolute atomic E-state index is 0.0186. The fourth-order valence-electron chi connectivity index (χ4n) is 2.25. The highest BCUT2D eigenvalue weighted by Crippen LogP contribution is 2.19. The zero-order valence-electron chi connectivity index (χ0n) is 10.6. The lowest BCUT2D eigenvalue weighted by Gasteiger charge is -1.99. The summed E-state index contributed by atoms with van der Waals surface area (Å²) in [4.78, 5) is 12.5. The van der Waals surface area contributed by atoms with Crippen LogP contribution in [0.4, 0.5) is 0 Å². The molecule has 3 aromatic rings. The van der Waals surface area contributed by atoms with Crippen molar-refractivity contribution >= 4 is 0 Å². The SMILES string of the molecule is Cc1[nH]n(-c2ccccc2)c(=O)c1-c1ccccc1. The summed E-state index contributed by atoms with van der Waals surface area (Å²) in [5.74, 6) is 0. The van der Waals surface area contributed by atoms with Gasteiger partial charge in [-0.05, 0) is 24.6 Å². The summed E-state index contributed by atoms with van der Waals surface area (Å²) in [5.41, 5.74) is 3.37. The molecule has 0 saturated heterocycles.